The van der Waals surface area contributed by atoms with Crippen LogP contribution in [0.5, 0.6) is 0 Å². The molecule has 0 radical (unpaired) electrons. The van der Waals surface area contributed by atoms with Crippen molar-refractivity contribution in [2.24, 2.45) is 0 Å². The molecule has 6 rings (SSSR count). The van der Waals surface area contributed by atoms with Crippen LogP contribution in [0.2, 0.25) is 0 Å². The summed E-state index contributed by atoms with van der Waals surface area (Å²) in [4.78, 5) is 0. The molecule has 29 heavy (non-hydrogen) atoms. The van der Waals surface area contributed by atoms with Crippen LogP contribution >= 0.6 is 27.3 Å². The quantitative estimate of drug-likeness (QED) is 0.258. The lowest BCUT2D eigenvalue weighted by Crippen LogP contribution is -1.92. The van der Waals surface area contributed by atoms with Gasteiger partial charge in [-0.2, -0.15) is 0 Å². The fraction of sp³-hybridized carbons (Fsp3) is 0. The van der Waals surface area contributed by atoms with Gasteiger partial charge in [0.1, 0.15) is 0 Å². The van der Waals surface area contributed by atoms with E-state index in [1.54, 1.807) is 0 Å². The van der Waals surface area contributed by atoms with Crippen molar-refractivity contribution in [1.29, 1.82) is 0 Å². The van der Waals surface area contributed by atoms with Gasteiger partial charge in [-0.3, -0.25) is 0 Å². The van der Waals surface area contributed by atoms with Gasteiger partial charge in [0.05, 0.1) is 5.69 Å². The number of rotatable bonds is 2. The van der Waals surface area contributed by atoms with Crippen molar-refractivity contribution in [3.63, 3.8) is 0 Å². The minimum absolute atomic E-state index is 1.06. The van der Waals surface area contributed by atoms with Gasteiger partial charge in [0, 0.05) is 41.1 Å². The van der Waals surface area contributed by atoms with E-state index in [0.717, 1.165) is 15.8 Å². The van der Waals surface area contributed by atoms with Crippen LogP contribution in [0.1, 0.15) is 0 Å². The van der Waals surface area contributed by atoms with E-state index < -0.39 is 0 Å². The molecule has 5 aromatic carbocycles. The van der Waals surface area contributed by atoms with E-state index in [0.29, 0.717) is 0 Å². The zero-order chi connectivity index (χ0) is 19.4. The molecular weight excluding hydrogens is 438 g/mol. The number of para-hydroxylation sites is 1. The van der Waals surface area contributed by atoms with Crippen LogP contribution in [-0.2, 0) is 0 Å². The molecule has 138 valence electrons. The van der Waals surface area contributed by atoms with Crippen LogP contribution in [-0.4, -0.2) is 0 Å². The van der Waals surface area contributed by atoms with Gasteiger partial charge in [-0.25, -0.2) is 0 Å². The summed E-state index contributed by atoms with van der Waals surface area (Å²) in [7, 11) is 0. The van der Waals surface area contributed by atoms with Crippen molar-refractivity contribution in [2.75, 3.05) is 5.32 Å². The van der Waals surface area contributed by atoms with E-state index in [9.17, 15) is 0 Å². The minimum Gasteiger partial charge on any atom is -0.354 e. The highest BCUT2D eigenvalue weighted by atomic mass is 79.9. The van der Waals surface area contributed by atoms with Crippen molar-refractivity contribution >= 4 is 80.4 Å². The SMILES string of the molecule is Brc1ccccc1Nc1cccc2c1ccc1ccc3c4ccccc4sc3c12. The van der Waals surface area contributed by atoms with Crippen LogP contribution in [0.15, 0.2) is 95.5 Å². The summed E-state index contributed by atoms with van der Waals surface area (Å²) >= 11 is 5.54. The first-order valence-electron chi connectivity index (χ1n) is 9.57. The average molecular weight is 454 g/mol. The standard InChI is InChI=1S/C26H16BrNS/c27-21-8-2-3-9-23(21)28-22-10-5-7-19-17(22)14-12-16-13-15-20-18-6-1-4-11-24(18)29-26(20)25(16)19/h1-15,28H. The molecule has 0 aliphatic rings. The maximum Gasteiger partial charge on any atom is 0.0528 e. The fourth-order valence-electron chi connectivity index (χ4n) is 4.17. The number of hydrogen-bond acceptors (Lipinski definition) is 2. The Hall–Kier alpha value is -2.88. The molecule has 0 aliphatic heterocycles. The molecule has 0 aliphatic carbocycles. The van der Waals surface area contributed by atoms with Crippen molar-refractivity contribution < 1.29 is 0 Å². The smallest absolute Gasteiger partial charge is 0.0528 e. The molecular formula is C26H16BrNS. The Balaban J connectivity index is 1.67. The van der Waals surface area contributed by atoms with Crippen molar-refractivity contribution in [3.8, 4) is 0 Å². The zero-order valence-corrected chi connectivity index (χ0v) is 17.8. The van der Waals surface area contributed by atoms with Crippen LogP contribution in [0.3, 0.4) is 0 Å². The van der Waals surface area contributed by atoms with E-state index in [1.165, 1.54) is 41.7 Å². The topological polar surface area (TPSA) is 12.0 Å². The normalized spacial score (nSPS) is 11.6. The van der Waals surface area contributed by atoms with Gasteiger partial charge in [-0.15, -0.1) is 11.3 Å². The Bertz CT molecular complexity index is 1550. The Labute approximate surface area is 180 Å². The predicted molar refractivity (Wildman–Crippen MR) is 132 cm³/mol. The number of fused-ring (bicyclic) bond motifs is 7. The highest BCUT2D eigenvalue weighted by molar-refractivity contribution is 9.10. The third-order valence-corrected chi connectivity index (χ3v) is 7.42. The molecule has 0 saturated carbocycles. The molecule has 0 spiro atoms. The molecule has 1 nitrogen and oxygen atoms in total. The Morgan fingerprint density at radius 3 is 2.21 bits per heavy atom. The van der Waals surface area contributed by atoms with Crippen molar-refractivity contribution in [3.05, 3.63) is 95.5 Å². The van der Waals surface area contributed by atoms with E-state index in [4.69, 9.17) is 0 Å². The van der Waals surface area contributed by atoms with Crippen molar-refractivity contribution in [1.82, 2.24) is 0 Å². The summed E-state index contributed by atoms with van der Waals surface area (Å²) in [6.45, 7) is 0. The molecule has 1 aromatic heterocycles. The lowest BCUT2D eigenvalue weighted by Gasteiger charge is -2.13. The minimum atomic E-state index is 1.06. The average Bonchev–Trinajstić information content (AvgIpc) is 3.14. The number of hydrogen-bond donors (Lipinski definition) is 1. The molecule has 0 bridgehead atoms. The second-order valence-electron chi connectivity index (χ2n) is 7.21. The molecule has 1 N–H and O–H groups in total. The number of halogens is 1. The van der Waals surface area contributed by atoms with Gasteiger partial charge in [0.25, 0.3) is 0 Å². The summed E-state index contributed by atoms with van der Waals surface area (Å²) in [6, 6.07) is 32.5. The van der Waals surface area contributed by atoms with E-state index in [1.807, 2.05) is 23.5 Å². The highest BCUT2D eigenvalue weighted by Gasteiger charge is 2.12. The third-order valence-electron chi connectivity index (χ3n) is 5.53. The van der Waals surface area contributed by atoms with Crippen LogP contribution in [0.4, 0.5) is 11.4 Å². The summed E-state index contributed by atoms with van der Waals surface area (Å²) in [6.07, 6.45) is 0. The molecule has 0 atom stereocenters. The monoisotopic (exact) mass is 453 g/mol. The first-order chi connectivity index (χ1) is 14.3. The summed E-state index contributed by atoms with van der Waals surface area (Å²) < 4.78 is 3.77. The molecule has 3 heteroatoms. The van der Waals surface area contributed by atoms with E-state index in [-0.39, 0.29) is 0 Å². The van der Waals surface area contributed by atoms with Gasteiger partial charge < -0.3 is 5.32 Å². The van der Waals surface area contributed by atoms with Gasteiger partial charge in [0.15, 0.2) is 0 Å². The number of anilines is 2. The first kappa shape index (κ1) is 17.0. The van der Waals surface area contributed by atoms with E-state index in [2.05, 4.69) is 100 Å². The summed E-state index contributed by atoms with van der Waals surface area (Å²) in [5.74, 6) is 0. The third kappa shape index (κ3) is 2.65. The van der Waals surface area contributed by atoms with Gasteiger partial charge in [0.2, 0.25) is 0 Å². The number of benzene rings is 5. The molecule has 0 amide bonds. The summed E-state index contributed by atoms with van der Waals surface area (Å²) in [5.41, 5.74) is 2.19. The van der Waals surface area contributed by atoms with Crippen LogP contribution in [0.25, 0.3) is 41.7 Å². The lowest BCUT2D eigenvalue weighted by molar-refractivity contribution is 1.55. The van der Waals surface area contributed by atoms with Gasteiger partial charge in [-0.1, -0.05) is 66.7 Å². The largest absolute Gasteiger partial charge is 0.354 e. The first-order valence-corrected chi connectivity index (χ1v) is 11.2. The maximum atomic E-state index is 3.65. The van der Waals surface area contributed by atoms with Crippen molar-refractivity contribution in [2.45, 2.75) is 0 Å². The molecule has 0 saturated heterocycles. The lowest BCUT2D eigenvalue weighted by atomic mass is 9.99. The number of nitrogens with one attached hydrogen (secondary N) is 1. The highest BCUT2D eigenvalue weighted by Crippen LogP contribution is 2.42. The van der Waals surface area contributed by atoms with Crippen LogP contribution < -0.4 is 5.32 Å². The molecule has 1 heterocycles. The molecule has 0 unspecified atom stereocenters. The molecule has 0 fully saturated rings. The van der Waals surface area contributed by atoms with Gasteiger partial charge in [-0.05, 0) is 51.0 Å². The maximum absolute atomic E-state index is 3.65. The van der Waals surface area contributed by atoms with E-state index >= 15 is 0 Å². The Morgan fingerprint density at radius 1 is 0.586 bits per heavy atom. The molecule has 6 aromatic rings. The second-order valence-corrected chi connectivity index (χ2v) is 9.12. The van der Waals surface area contributed by atoms with Gasteiger partial charge >= 0.3 is 0 Å². The van der Waals surface area contributed by atoms with Crippen LogP contribution in [0, 0.1) is 0 Å². The predicted octanol–water partition coefficient (Wildman–Crippen LogP) is 8.87. The second kappa shape index (κ2) is 6.58. The number of thiophene rings is 1. The summed E-state index contributed by atoms with van der Waals surface area (Å²) in [5, 5.41) is 11.5. The zero-order valence-electron chi connectivity index (χ0n) is 15.4. The Kier molecular flexibility index (Phi) is 3.86. The Morgan fingerprint density at radius 2 is 1.31 bits per heavy atom. The fourth-order valence-corrected chi connectivity index (χ4v) is 5.83.